The zero-order valence-electron chi connectivity index (χ0n) is 15.8. The number of likely N-dealkylation sites (tertiary alicyclic amines) is 1. The number of carboxylic acid groups (broad SMARTS) is 1. The SMILES string of the molecule is O=C(O)c1nc(Cl)nc2cc(Cl)sc12.O=C(c1nc(Cl)nc2cc(Cl)sc12)N1CCCC1. The first-order chi connectivity index (χ1) is 15.2. The third kappa shape index (κ3) is 4.90. The van der Waals surface area contributed by atoms with Crippen LogP contribution in [-0.2, 0) is 0 Å². The smallest absolute Gasteiger partial charge is 0.356 e. The summed E-state index contributed by atoms with van der Waals surface area (Å²) in [5.74, 6) is -1.22. The summed E-state index contributed by atoms with van der Waals surface area (Å²) >= 11 is 25.5. The molecule has 1 saturated heterocycles. The number of carbonyl (C=O) groups is 2. The third-order valence-electron chi connectivity index (χ3n) is 4.43. The maximum Gasteiger partial charge on any atom is 0.356 e. The van der Waals surface area contributed by atoms with E-state index in [2.05, 4.69) is 19.9 Å². The number of rotatable bonds is 2. The molecule has 0 aliphatic carbocycles. The Morgan fingerprint density at radius 2 is 1.28 bits per heavy atom. The fraction of sp³-hybridized carbons (Fsp3) is 0.222. The van der Waals surface area contributed by atoms with E-state index >= 15 is 0 Å². The molecule has 1 fully saturated rings. The number of nitrogens with zero attached hydrogens (tertiary/aromatic N) is 5. The first-order valence-corrected chi connectivity index (χ1v) is 12.1. The van der Waals surface area contributed by atoms with E-state index in [1.165, 1.54) is 11.3 Å². The van der Waals surface area contributed by atoms with Gasteiger partial charge in [-0.1, -0.05) is 23.2 Å². The summed E-state index contributed by atoms with van der Waals surface area (Å²) in [5, 5.41) is 8.82. The van der Waals surface area contributed by atoms with Crippen molar-refractivity contribution in [2.45, 2.75) is 12.8 Å². The predicted octanol–water partition coefficient (Wildman–Crippen LogP) is 5.93. The second-order valence-electron chi connectivity index (χ2n) is 6.52. The van der Waals surface area contributed by atoms with Crippen molar-refractivity contribution in [2.24, 2.45) is 0 Å². The lowest BCUT2D eigenvalue weighted by Gasteiger charge is -2.14. The van der Waals surface area contributed by atoms with Gasteiger partial charge < -0.3 is 10.0 Å². The molecule has 5 rings (SSSR count). The lowest BCUT2D eigenvalue weighted by atomic mass is 10.3. The van der Waals surface area contributed by atoms with Crippen LogP contribution < -0.4 is 0 Å². The molecule has 0 atom stereocenters. The van der Waals surface area contributed by atoms with Gasteiger partial charge in [0.25, 0.3) is 5.91 Å². The Morgan fingerprint density at radius 1 is 0.812 bits per heavy atom. The van der Waals surface area contributed by atoms with Crippen LogP contribution in [0.2, 0.25) is 19.2 Å². The van der Waals surface area contributed by atoms with Gasteiger partial charge in [0.05, 0.1) is 29.1 Å². The molecule has 14 heteroatoms. The number of hydrogen-bond acceptors (Lipinski definition) is 8. The first kappa shape index (κ1) is 23.3. The van der Waals surface area contributed by atoms with Crippen molar-refractivity contribution in [1.82, 2.24) is 24.8 Å². The number of carbonyl (C=O) groups excluding carboxylic acids is 1. The molecule has 1 aliphatic heterocycles. The highest BCUT2D eigenvalue weighted by Crippen LogP contribution is 2.32. The summed E-state index contributed by atoms with van der Waals surface area (Å²) in [6, 6.07) is 3.26. The Hall–Kier alpha value is -1.82. The van der Waals surface area contributed by atoms with Crippen LogP contribution in [0.25, 0.3) is 20.4 Å². The van der Waals surface area contributed by atoms with E-state index in [9.17, 15) is 9.59 Å². The maximum atomic E-state index is 12.4. The molecule has 0 saturated carbocycles. The van der Waals surface area contributed by atoms with E-state index < -0.39 is 5.97 Å². The Morgan fingerprint density at radius 3 is 1.78 bits per heavy atom. The van der Waals surface area contributed by atoms with Gasteiger partial charge in [0.15, 0.2) is 11.4 Å². The maximum absolute atomic E-state index is 12.4. The molecule has 166 valence electrons. The molecule has 0 aromatic carbocycles. The minimum absolute atomic E-state index is 0.0829. The van der Waals surface area contributed by atoms with Gasteiger partial charge in [0.2, 0.25) is 10.6 Å². The number of amides is 1. The van der Waals surface area contributed by atoms with Gasteiger partial charge in [-0.2, -0.15) is 0 Å². The monoisotopic (exact) mass is 549 g/mol. The molecule has 8 nitrogen and oxygen atoms in total. The van der Waals surface area contributed by atoms with E-state index in [0.717, 1.165) is 37.3 Å². The molecule has 0 unspecified atom stereocenters. The number of aromatic carboxylic acids is 1. The van der Waals surface area contributed by atoms with Gasteiger partial charge in [0.1, 0.15) is 0 Å². The topological polar surface area (TPSA) is 109 Å². The molecule has 0 radical (unpaired) electrons. The first-order valence-electron chi connectivity index (χ1n) is 9.00. The Labute approximate surface area is 208 Å². The van der Waals surface area contributed by atoms with Crippen LogP contribution in [0.15, 0.2) is 12.1 Å². The molecule has 0 bridgehead atoms. The summed E-state index contributed by atoms with van der Waals surface area (Å²) in [5.41, 5.74) is 1.34. The molecule has 1 amide bonds. The highest BCUT2D eigenvalue weighted by molar-refractivity contribution is 7.23. The average molecular weight is 551 g/mol. The van der Waals surface area contributed by atoms with Crippen LogP contribution in [0.4, 0.5) is 0 Å². The molecule has 32 heavy (non-hydrogen) atoms. The predicted molar refractivity (Wildman–Crippen MR) is 127 cm³/mol. The van der Waals surface area contributed by atoms with Crippen molar-refractivity contribution in [3.8, 4) is 0 Å². The standard InChI is InChI=1S/C11H9Cl2N3OS.C7H2Cl2N2O2S/c12-7-5-6-9(18-7)8(15-11(13)14-6)10(17)16-3-1-2-4-16;8-3-1-2-5(14-3)4(6(12)13)11-7(9)10-2/h5H,1-4H2;1H,(H,12,13). The van der Waals surface area contributed by atoms with Crippen LogP contribution in [0.3, 0.4) is 0 Å². The molecule has 0 spiro atoms. The number of thiophene rings is 2. The van der Waals surface area contributed by atoms with E-state index in [1.807, 2.05) is 0 Å². The Kier molecular flexibility index (Phi) is 6.99. The number of aromatic nitrogens is 4. The number of hydrogen-bond donors (Lipinski definition) is 1. The van der Waals surface area contributed by atoms with Crippen LogP contribution in [0, 0.1) is 0 Å². The summed E-state index contributed by atoms with van der Waals surface area (Å²) in [6.07, 6.45) is 2.08. The highest BCUT2D eigenvalue weighted by atomic mass is 35.5. The minimum Gasteiger partial charge on any atom is -0.476 e. The molecule has 5 heterocycles. The minimum atomic E-state index is -1.14. The van der Waals surface area contributed by atoms with Crippen LogP contribution in [0.1, 0.15) is 33.8 Å². The average Bonchev–Trinajstić information content (AvgIpc) is 3.45. The fourth-order valence-corrected chi connectivity index (χ4v) is 5.73. The van der Waals surface area contributed by atoms with Gasteiger partial charge in [-0.05, 0) is 48.2 Å². The summed E-state index contributed by atoms with van der Waals surface area (Å²) < 4.78 is 2.18. The summed E-state index contributed by atoms with van der Waals surface area (Å²) in [4.78, 5) is 40.6. The molecule has 4 aromatic heterocycles. The van der Waals surface area contributed by atoms with Crippen LogP contribution >= 0.6 is 69.1 Å². The molecule has 4 aromatic rings. The van der Waals surface area contributed by atoms with Crippen LogP contribution in [0.5, 0.6) is 0 Å². The molecular weight excluding hydrogens is 540 g/mol. The lowest BCUT2D eigenvalue weighted by Crippen LogP contribution is -2.28. The van der Waals surface area contributed by atoms with Crippen LogP contribution in [-0.4, -0.2) is 54.9 Å². The number of carboxylic acids is 1. The van der Waals surface area contributed by atoms with Gasteiger partial charge in [0, 0.05) is 13.1 Å². The molecule has 1 N–H and O–H groups in total. The van der Waals surface area contributed by atoms with Gasteiger partial charge in [-0.3, -0.25) is 4.79 Å². The van der Waals surface area contributed by atoms with E-state index in [0.29, 0.717) is 34.8 Å². The van der Waals surface area contributed by atoms with E-state index in [-0.39, 0.29) is 22.2 Å². The van der Waals surface area contributed by atoms with Crippen molar-refractivity contribution >= 4 is 101 Å². The van der Waals surface area contributed by atoms with Crippen molar-refractivity contribution in [2.75, 3.05) is 13.1 Å². The van der Waals surface area contributed by atoms with Crippen molar-refractivity contribution in [3.05, 3.63) is 42.8 Å². The van der Waals surface area contributed by atoms with Crippen molar-refractivity contribution in [1.29, 1.82) is 0 Å². The number of halogens is 4. The molecular formula is C18H11Cl4N5O3S2. The van der Waals surface area contributed by atoms with Gasteiger partial charge in [-0.15, -0.1) is 22.7 Å². The summed E-state index contributed by atoms with van der Waals surface area (Å²) in [7, 11) is 0. The highest BCUT2D eigenvalue weighted by Gasteiger charge is 2.24. The summed E-state index contributed by atoms with van der Waals surface area (Å²) in [6.45, 7) is 1.56. The third-order valence-corrected chi connectivity index (χ3v) is 7.29. The Bertz CT molecular complexity index is 1350. The van der Waals surface area contributed by atoms with Gasteiger partial charge in [-0.25, -0.2) is 24.7 Å². The van der Waals surface area contributed by atoms with E-state index in [1.54, 1.807) is 17.0 Å². The Balaban J connectivity index is 0.000000158. The molecule has 1 aliphatic rings. The second kappa shape index (κ2) is 9.58. The zero-order valence-corrected chi connectivity index (χ0v) is 20.5. The van der Waals surface area contributed by atoms with Gasteiger partial charge >= 0.3 is 5.97 Å². The van der Waals surface area contributed by atoms with E-state index in [4.69, 9.17) is 51.5 Å². The lowest BCUT2D eigenvalue weighted by molar-refractivity contribution is 0.0692. The van der Waals surface area contributed by atoms with Crippen molar-refractivity contribution < 1.29 is 14.7 Å². The fourth-order valence-electron chi connectivity index (χ4n) is 3.10. The number of fused-ring (bicyclic) bond motifs is 2. The normalized spacial score (nSPS) is 13.4. The second-order valence-corrected chi connectivity index (χ2v) is 10.6. The van der Waals surface area contributed by atoms with Crippen molar-refractivity contribution in [3.63, 3.8) is 0 Å². The quantitative estimate of drug-likeness (QED) is 0.308. The largest absolute Gasteiger partial charge is 0.476 e. The zero-order chi connectivity index (χ0) is 23.0.